The molecule has 0 saturated carbocycles. The molecule has 1 rings (SSSR count). The van der Waals surface area contributed by atoms with Crippen molar-refractivity contribution in [2.45, 2.75) is 19.4 Å². The fourth-order valence-corrected chi connectivity index (χ4v) is 2.09. The van der Waals surface area contributed by atoms with Gasteiger partial charge in [-0.2, -0.15) is 0 Å². The molecule has 0 aliphatic heterocycles. The van der Waals surface area contributed by atoms with Crippen molar-refractivity contribution in [3.05, 3.63) is 33.3 Å². The van der Waals surface area contributed by atoms with E-state index in [1.165, 1.54) is 7.11 Å². The average molecular weight is 321 g/mol. The first-order chi connectivity index (χ1) is 8.13. The minimum absolute atomic E-state index is 0.173. The first kappa shape index (κ1) is 14.5. The average Bonchev–Trinajstić information content (AvgIpc) is 2.30. The van der Waals surface area contributed by atoms with Gasteiger partial charge in [0.1, 0.15) is 0 Å². The Labute approximate surface area is 115 Å². The monoisotopic (exact) mass is 319 g/mol. The standard InChI is InChI=1S/C12H15BrClNO2/c1-17-12(16)3-2-6-15-8-9-4-5-10(13)7-11(9)14/h4-5,7,15H,2-3,6,8H2,1H3. The van der Waals surface area contributed by atoms with Crippen molar-refractivity contribution in [1.29, 1.82) is 0 Å². The molecular weight excluding hydrogens is 305 g/mol. The third-order valence-corrected chi connectivity index (χ3v) is 3.14. The van der Waals surface area contributed by atoms with Gasteiger partial charge in [0.25, 0.3) is 0 Å². The zero-order valence-electron chi connectivity index (χ0n) is 9.63. The Bertz CT molecular complexity index is 385. The molecule has 1 aromatic rings. The van der Waals surface area contributed by atoms with Crippen molar-refractivity contribution < 1.29 is 9.53 Å². The molecule has 0 aromatic heterocycles. The van der Waals surface area contributed by atoms with Crippen molar-refractivity contribution in [2.24, 2.45) is 0 Å². The fourth-order valence-electron chi connectivity index (χ4n) is 1.35. The molecule has 17 heavy (non-hydrogen) atoms. The van der Waals surface area contributed by atoms with Crippen molar-refractivity contribution in [1.82, 2.24) is 5.32 Å². The van der Waals surface area contributed by atoms with E-state index in [0.717, 1.165) is 28.0 Å². The van der Waals surface area contributed by atoms with E-state index in [-0.39, 0.29) is 5.97 Å². The van der Waals surface area contributed by atoms with Crippen molar-refractivity contribution >= 4 is 33.5 Å². The number of halogens is 2. The van der Waals surface area contributed by atoms with Crippen LogP contribution in [0.1, 0.15) is 18.4 Å². The van der Waals surface area contributed by atoms with Crippen molar-refractivity contribution in [3.63, 3.8) is 0 Å². The number of hydrogen-bond acceptors (Lipinski definition) is 3. The number of ether oxygens (including phenoxy) is 1. The topological polar surface area (TPSA) is 38.3 Å². The summed E-state index contributed by atoms with van der Waals surface area (Å²) in [5, 5.41) is 3.97. The number of esters is 1. The molecule has 0 aliphatic rings. The minimum Gasteiger partial charge on any atom is -0.469 e. The third kappa shape index (κ3) is 5.52. The summed E-state index contributed by atoms with van der Waals surface area (Å²) in [4.78, 5) is 10.9. The number of rotatable bonds is 6. The van der Waals surface area contributed by atoms with Gasteiger partial charge in [0.2, 0.25) is 0 Å². The van der Waals surface area contributed by atoms with Crippen LogP contribution in [-0.4, -0.2) is 19.6 Å². The summed E-state index contributed by atoms with van der Waals surface area (Å²) < 4.78 is 5.52. The predicted molar refractivity (Wildman–Crippen MR) is 72.1 cm³/mol. The molecule has 0 spiro atoms. The number of nitrogens with one attached hydrogen (secondary N) is 1. The SMILES string of the molecule is COC(=O)CCCNCc1ccc(Br)cc1Cl. The van der Waals surface area contributed by atoms with Gasteiger partial charge >= 0.3 is 5.97 Å². The van der Waals surface area contributed by atoms with E-state index in [9.17, 15) is 4.79 Å². The van der Waals surface area contributed by atoms with Crippen LogP contribution >= 0.6 is 27.5 Å². The van der Waals surface area contributed by atoms with E-state index in [2.05, 4.69) is 26.0 Å². The number of carbonyl (C=O) groups is 1. The highest BCUT2D eigenvalue weighted by molar-refractivity contribution is 9.10. The molecule has 94 valence electrons. The van der Waals surface area contributed by atoms with Crippen LogP contribution in [0.25, 0.3) is 0 Å². The summed E-state index contributed by atoms with van der Waals surface area (Å²) in [6.45, 7) is 1.47. The summed E-state index contributed by atoms with van der Waals surface area (Å²) in [6, 6.07) is 5.80. The lowest BCUT2D eigenvalue weighted by atomic mass is 10.2. The molecule has 0 atom stereocenters. The molecule has 0 heterocycles. The van der Waals surface area contributed by atoms with E-state index < -0.39 is 0 Å². The Hall–Kier alpha value is -0.580. The van der Waals surface area contributed by atoms with Crippen LogP contribution in [-0.2, 0) is 16.1 Å². The molecule has 3 nitrogen and oxygen atoms in total. The molecule has 0 fully saturated rings. The molecule has 0 unspecified atom stereocenters. The Morgan fingerprint density at radius 1 is 1.53 bits per heavy atom. The summed E-state index contributed by atoms with van der Waals surface area (Å²) in [5.74, 6) is -0.173. The first-order valence-electron chi connectivity index (χ1n) is 5.35. The molecule has 0 amide bonds. The number of benzene rings is 1. The smallest absolute Gasteiger partial charge is 0.305 e. The van der Waals surface area contributed by atoms with Gasteiger partial charge in [-0.05, 0) is 30.7 Å². The lowest BCUT2D eigenvalue weighted by Crippen LogP contribution is -2.16. The molecule has 0 saturated heterocycles. The van der Waals surface area contributed by atoms with Crippen molar-refractivity contribution in [3.8, 4) is 0 Å². The summed E-state index contributed by atoms with van der Waals surface area (Å²) in [5.41, 5.74) is 1.05. The normalized spacial score (nSPS) is 10.3. The second kappa shape index (κ2) is 7.69. The predicted octanol–water partition coefficient (Wildman–Crippen LogP) is 3.15. The van der Waals surface area contributed by atoms with Crippen LogP contribution in [0.4, 0.5) is 0 Å². The van der Waals surface area contributed by atoms with Gasteiger partial charge in [-0.15, -0.1) is 0 Å². The first-order valence-corrected chi connectivity index (χ1v) is 6.52. The van der Waals surface area contributed by atoms with Crippen LogP contribution in [0, 0.1) is 0 Å². The summed E-state index contributed by atoms with van der Waals surface area (Å²) >= 11 is 9.43. The zero-order chi connectivity index (χ0) is 12.7. The zero-order valence-corrected chi connectivity index (χ0v) is 12.0. The van der Waals surface area contributed by atoms with E-state index in [1.54, 1.807) is 0 Å². The molecule has 5 heteroatoms. The van der Waals surface area contributed by atoms with Gasteiger partial charge in [-0.1, -0.05) is 33.6 Å². The van der Waals surface area contributed by atoms with Crippen LogP contribution in [0.3, 0.4) is 0 Å². The lowest BCUT2D eigenvalue weighted by Gasteiger charge is -2.06. The highest BCUT2D eigenvalue weighted by Crippen LogP contribution is 2.21. The minimum atomic E-state index is -0.173. The second-order valence-electron chi connectivity index (χ2n) is 3.59. The highest BCUT2D eigenvalue weighted by Gasteiger charge is 2.02. The van der Waals surface area contributed by atoms with Gasteiger partial charge in [-0.3, -0.25) is 4.79 Å². The van der Waals surface area contributed by atoms with Crippen LogP contribution in [0.15, 0.2) is 22.7 Å². The van der Waals surface area contributed by atoms with E-state index in [0.29, 0.717) is 13.0 Å². The Morgan fingerprint density at radius 3 is 2.94 bits per heavy atom. The maximum absolute atomic E-state index is 10.9. The number of methoxy groups -OCH3 is 1. The van der Waals surface area contributed by atoms with Gasteiger partial charge in [-0.25, -0.2) is 0 Å². The Kier molecular flexibility index (Phi) is 6.55. The van der Waals surface area contributed by atoms with Crippen molar-refractivity contribution in [2.75, 3.05) is 13.7 Å². The number of hydrogen-bond donors (Lipinski definition) is 1. The van der Waals surface area contributed by atoms with E-state index in [1.807, 2.05) is 18.2 Å². The molecule has 0 aliphatic carbocycles. The van der Waals surface area contributed by atoms with Gasteiger partial charge in [0.05, 0.1) is 7.11 Å². The van der Waals surface area contributed by atoms with Gasteiger partial charge < -0.3 is 10.1 Å². The van der Waals surface area contributed by atoms with Gasteiger partial charge in [0, 0.05) is 22.5 Å². The molecule has 0 radical (unpaired) electrons. The molecular formula is C12H15BrClNO2. The molecule has 1 N–H and O–H groups in total. The van der Waals surface area contributed by atoms with Crippen LogP contribution in [0.5, 0.6) is 0 Å². The highest BCUT2D eigenvalue weighted by atomic mass is 79.9. The second-order valence-corrected chi connectivity index (χ2v) is 4.92. The molecule has 1 aromatic carbocycles. The van der Waals surface area contributed by atoms with Crippen LogP contribution < -0.4 is 5.32 Å². The summed E-state index contributed by atoms with van der Waals surface area (Å²) in [6.07, 6.45) is 1.21. The largest absolute Gasteiger partial charge is 0.469 e. The number of carbonyl (C=O) groups excluding carboxylic acids is 1. The van der Waals surface area contributed by atoms with Crippen LogP contribution in [0.2, 0.25) is 5.02 Å². The quantitative estimate of drug-likeness (QED) is 0.646. The Morgan fingerprint density at radius 2 is 2.29 bits per heavy atom. The van der Waals surface area contributed by atoms with E-state index in [4.69, 9.17) is 11.6 Å². The maximum atomic E-state index is 10.9. The fraction of sp³-hybridized carbons (Fsp3) is 0.417. The Balaban J connectivity index is 2.24. The maximum Gasteiger partial charge on any atom is 0.305 e. The summed E-state index contributed by atoms with van der Waals surface area (Å²) in [7, 11) is 1.40. The van der Waals surface area contributed by atoms with E-state index >= 15 is 0 Å². The molecule has 0 bridgehead atoms. The third-order valence-electron chi connectivity index (χ3n) is 2.29. The lowest BCUT2D eigenvalue weighted by molar-refractivity contribution is -0.140. The van der Waals surface area contributed by atoms with Gasteiger partial charge in [0.15, 0.2) is 0 Å².